The maximum atomic E-state index is 15.0. The number of nitrogens with zero attached hydrogens (tertiary/aromatic N) is 7. The van der Waals surface area contributed by atoms with Crippen molar-refractivity contribution in [3.05, 3.63) is 71.1 Å². The number of piperidine rings is 1. The van der Waals surface area contributed by atoms with E-state index in [1.807, 2.05) is 31.4 Å². The van der Waals surface area contributed by atoms with Crippen molar-refractivity contribution in [3.63, 3.8) is 0 Å². The molecule has 202 valence electrons. The van der Waals surface area contributed by atoms with E-state index in [1.54, 1.807) is 18.3 Å². The summed E-state index contributed by atoms with van der Waals surface area (Å²) >= 11 is 0. The quantitative estimate of drug-likeness (QED) is 0.275. The molecule has 0 radical (unpaired) electrons. The number of benzene rings is 1. The Labute approximate surface area is 227 Å². The number of imidazole rings is 1. The van der Waals surface area contributed by atoms with Crippen LogP contribution in [0.5, 0.6) is 0 Å². The van der Waals surface area contributed by atoms with Crippen molar-refractivity contribution in [1.29, 1.82) is 0 Å². The van der Waals surface area contributed by atoms with Gasteiger partial charge in [0.15, 0.2) is 11.6 Å². The molecule has 1 N–H and O–H groups in total. The van der Waals surface area contributed by atoms with Gasteiger partial charge in [-0.25, -0.2) is 35.3 Å². The van der Waals surface area contributed by atoms with Crippen LogP contribution in [0.1, 0.15) is 57.1 Å². The number of anilines is 2. The molecule has 39 heavy (non-hydrogen) atoms. The fourth-order valence-corrected chi connectivity index (χ4v) is 5.49. The third kappa shape index (κ3) is 5.32. The van der Waals surface area contributed by atoms with Crippen LogP contribution in [0.15, 0.2) is 36.7 Å². The van der Waals surface area contributed by atoms with Gasteiger partial charge in [-0.3, -0.25) is 0 Å². The van der Waals surface area contributed by atoms with E-state index in [1.165, 1.54) is 6.07 Å². The summed E-state index contributed by atoms with van der Waals surface area (Å²) in [6.07, 6.45) is 4.76. The van der Waals surface area contributed by atoms with E-state index in [0.29, 0.717) is 28.6 Å². The molecule has 1 atom stereocenters. The average Bonchev–Trinajstić information content (AvgIpc) is 3.28. The van der Waals surface area contributed by atoms with E-state index in [-0.39, 0.29) is 29.2 Å². The first-order valence-electron chi connectivity index (χ1n) is 13.3. The van der Waals surface area contributed by atoms with Crippen LogP contribution >= 0.6 is 0 Å². The van der Waals surface area contributed by atoms with Crippen molar-refractivity contribution in [2.75, 3.05) is 25.0 Å². The van der Waals surface area contributed by atoms with Crippen molar-refractivity contribution < 1.29 is 8.78 Å². The topological polar surface area (TPSA) is 76.1 Å². The summed E-state index contributed by atoms with van der Waals surface area (Å²) in [6, 6.07) is 6.45. The molecule has 0 aliphatic carbocycles. The fraction of sp³-hybridized carbons (Fsp3) is 0.414. The number of fused-ring (bicyclic) bond motifs is 1. The van der Waals surface area contributed by atoms with Crippen LogP contribution in [-0.2, 0) is 0 Å². The predicted octanol–water partition coefficient (Wildman–Crippen LogP) is 6.49. The maximum absolute atomic E-state index is 15.0. The Bertz CT molecular complexity index is 1520. The molecule has 0 bridgehead atoms. The second-order valence-electron chi connectivity index (χ2n) is 10.3. The molecule has 0 unspecified atom stereocenters. The first kappa shape index (κ1) is 26.6. The normalized spacial score (nSPS) is 15.5. The molecule has 4 heterocycles. The Balaban J connectivity index is 1.38. The molecule has 1 aliphatic rings. The van der Waals surface area contributed by atoms with Gasteiger partial charge in [0.1, 0.15) is 22.9 Å². The maximum Gasteiger partial charge on any atom is 0.253 e. The molecule has 1 aromatic carbocycles. The van der Waals surface area contributed by atoms with Crippen LogP contribution in [0.4, 0.5) is 20.5 Å². The first-order valence-corrected chi connectivity index (χ1v) is 13.3. The molecule has 1 aliphatic heterocycles. The van der Waals surface area contributed by atoms with Crippen molar-refractivity contribution in [2.24, 2.45) is 5.92 Å². The van der Waals surface area contributed by atoms with Crippen LogP contribution in [0, 0.1) is 31.0 Å². The average molecular weight is 531 g/mol. The Morgan fingerprint density at radius 1 is 1.08 bits per heavy atom. The minimum atomic E-state index is -0.663. The summed E-state index contributed by atoms with van der Waals surface area (Å²) in [5.41, 5.74) is 1.98. The number of halogens is 2. The monoisotopic (exact) mass is 530 g/mol. The largest absolute Gasteiger partial charge is 0.326 e. The molecule has 0 spiro atoms. The van der Waals surface area contributed by atoms with Gasteiger partial charge >= 0.3 is 0 Å². The second kappa shape index (κ2) is 11.0. The molecule has 1 saturated heterocycles. The highest BCUT2D eigenvalue weighted by Gasteiger charge is 2.31. The van der Waals surface area contributed by atoms with Gasteiger partial charge in [0, 0.05) is 23.7 Å². The zero-order valence-corrected chi connectivity index (χ0v) is 22.6. The molecule has 4 aromatic rings. The second-order valence-corrected chi connectivity index (χ2v) is 10.3. The summed E-state index contributed by atoms with van der Waals surface area (Å²) in [7, 11) is 0. The van der Waals surface area contributed by atoms with Crippen LogP contribution < -0.4 is 5.32 Å². The molecular weight excluding hydrogens is 498 g/mol. The molecular formula is C29H32F2N8. The molecule has 0 amide bonds. The van der Waals surface area contributed by atoms with Gasteiger partial charge < -0.3 is 19.6 Å². The number of rotatable bonds is 7. The van der Waals surface area contributed by atoms with E-state index in [9.17, 15) is 8.78 Å². The molecule has 5 rings (SSSR count). The Morgan fingerprint density at radius 2 is 1.85 bits per heavy atom. The Hall–Kier alpha value is -3.97. The van der Waals surface area contributed by atoms with Gasteiger partial charge in [-0.1, -0.05) is 6.92 Å². The summed E-state index contributed by atoms with van der Waals surface area (Å²) in [6.45, 7) is 18.8. The predicted molar refractivity (Wildman–Crippen MR) is 147 cm³/mol. The standard InChI is InChI=1S/C29H32F2N8/c1-6-38-11-9-19(10-12-38)26(32-5)20-7-8-25(33-15-20)36-29-34-16-23(31)27(37-29)21-13-22(30)28-24(14-21)39(17(2)3)18(4)35-28/h7-8,13-17,19,26H,6,9-12H2,1-4H3,(H,33,34,36,37)/t26-/m0/s1. The smallest absolute Gasteiger partial charge is 0.253 e. The SMILES string of the molecule is [C-]#[N+][C@H](c1ccc(Nc2ncc(F)c(-c3cc(F)c4nc(C)n(C(C)C)c4c3)n2)nc1)C1CCN(CC)CC1. The summed E-state index contributed by atoms with van der Waals surface area (Å²) in [5, 5.41) is 3.01. The zero-order valence-electron chi connectivity index (χ0n) is 22.6. The lowest BCUT2D eigenvalue weighted by molar-refractivity contribution is 0.183. The van der Waals surface area contributed by atoms with E-state index < -0.39 is 11.6 Å². The van der Waals surface area contributed by atoms with Gasteiger partial charge in [0.25, 0.3) is 6.04 Å². The minimum Gasteiger partial charge on any atom is -0.326 e. The van der Waals surface area contributed by atoms with Gasteiger partial charge in [0.2, 0.25) is 5.95 Å². The van der Waals surface area contributed by atoms with E-state index in [4.69, 9.17) is 6.57 Å². The third-order valence-electron chi connectivity index (χ3n) is 7.49. The van der Waals surface area contributed by atoms with Gasteiger partial charge in [-0.05, 0) is 77.5 Å². The summed E-state index contributed by atoms with van der Waals surface area (Å²) < 4.78 is 31.7. The molecule has 1 fully saturated rings. The highest BCUT2D eigenvalue weighted by Crippen LogP contribution is 2.34. The van der Waals surface area contributed by atoms with Crippen molar-refractivity contribution in [2.45, 2.75) is 52.6 Å². The highest BCUT2D eigenvalue weighted by atomic mass is 19.1. The Morgan fingerprint density at radius 3 is 2.49 bits per heavy atom. The van der Waals surface area contributed by atoms with E-state index in [2.05, 4.69) is 41.9 Å². The lowest BCUT2D eigenvalue weighted by Crippen LogP contribution is -2.34. The van der Waals surface area contributed by atoms with E-state index in [0.717, 1.165) is 44.2 Å². The number of pyridine rings is 1. The number of aromatic nitrogens is 5. The molecule has 10 heteroatoms. The summed E-state index contributed by atoms with van der Waals surface area (Å²) in [4.78, 5) is 23.5. The van der Waals surface area contributed by atoms with Gasteiger partial charge in [-0.2, -0.15) is 0 Å². The number of aryl methyl sites for hydroxylation is 1. The Kier molecular flexibility index (Phi) is 7.53. The van der Waals surface area contributed by atoms with Crippen LogP contribution in [0.25, 0.3) is 27.1 Å². The molecule has 8 nitrogen and oxygen atoms in total. The van der Waals surface area contributed by atoms with Crippen molar-refractivity contribution >= 4 is 22.8 Å². The first-order chi connectivity index (χ1) is 18.8. The van der Waals surface area contributed by atoms with Gasteiger partial charge in [-0.15, -0.1) is 0 Å². The highest BCUT2D eigenvalue weighted by molar-refractivity contribution is 5.83. The van der Waals surface area contributed by atoms with Gasteiger partial charge in [0.05, 0.1) is 17.3 Å². The summed E-state index contributed by atoms with van der Waals surface area (Å²) in [5.74, 6) is 0.393. The van der Waals surface area contributed by atoms with Crippen LogP contribution in [0.3, 0.4) is 0 Å². The minimum absolute atomic E-state index is 0.0226. The number of hydrogen-bond donors (Lipinski definition) is 1. The lowest BCUT2D eigenvalue weighted by Gasteiger charge is -2.31. The fourth-order valence-electron chi connectivity index (χ4n) is 5.49. The zero-order chi connectivity index (χ0) is 27.7. The molecule has 0 saturated carbocycles. The third-order valence-corrected chi connectivity index (χ3v) is 7.49. The number of nitrogens with one attached hydrogen (secondary N) is 1. The number of likely N-dealkylation sites (tertiary alicyclic amines) is 1. The van der Waals surface area contributed by atoms with E-state index >= 15 is 0 Å². The van der Waals surface area contributed by atoms with Crippen molar-refractivity contribution in [1.82, 2.24) is 29.4 Å². The van der Waals surface area contributed by atoms with Crippen LogP contribution in [-0.4, -0.2) is 49.0 Å². The lowest BCUT2D eigenvalue weighted by atomic mass is 9.86. The van der Waals surface area contributed by atoms with Crippen molar-refractivity contribution in [3.8, 4) is 11.3 Å². The molecule has 3 aromatic heterocycles. The van der Waals surface area contributed by atoms with Crippen LogP contribution in [0.2, 0.25) is 0 Å². The number of hydrogen-bond acceptors (Lipinski definition) is 6.